The van der Waals surface area contributed by atoms with Gasteiger partial charge in [0.25, 0.3) is 0 Å². The molecule has 0 saturated heterocycles. The lowest BCUT2D eigenvalue weighted by atomic mass is 10.1. The van der Waals surface area contributed by atoms with Crippen molar-refractivity contribution in [1.82, 2.24) is 5.32 Å². The van der Waals surface area contributed by atoms with Crippen molar-refractivity contribution in [2.45, 2.75) is 45.2 Å². The van der Waals surface area contributed by atoms with Crippen LogP contribution in [0.2, 0.25) is 0 Å². The highest BCUT2D eigenvalue weighted by atomic mass is 16.3. The molecule has 0 radical (unpaired) electrons. The van der Waals surface area contributed by atoms with Crippen LogP contribution in [0.4, 0.5) is 0 Å². The van der Waals surface area contributed by atoms with E-state index in [0.29, 0.717) is 0 Å². The average molecular weight is 205 g/mol. The molecule has 0 spiro atoms. The fraction of sp³-hybridized carbons (Fsp3) is 0.692. The first-order chi connectivity index (χ1) is 7.33. The minimum atomic E-state index is 0.774. The molecular weight excluding hydrogens is 186 g/mol. The Morgan fingerprint density at radius 3 is 2.40 bits per heavy atom. The third kappa shape index (κ3) is 2.25. The molecule has 2 aliphatic carbocycles. The lowest BCUT2D eigenvalue weighted by Crippen LogP contribution is -2.32. The second-order valence-electron chi connectivity index (χ2n) is 5.09. The molecule has 0 amide bonds. The first-order valence-corrected chi connectivity index (χ1v) is 6.11. The van der Waals surface area contributed by atoms with Crippen molar-refractivity contribution in [3.63, 3.8) is 0 Å². The quantitative estimate of drug-likeness (QED) is 0.799. The molecule has 0 bridgehead atoms. The Balaban J connectivity index is 1.55. The van der Waals surface area contributed by atoms with E-state index >= 15 is 0 Å². The Bertz CT molecular complexity index is 324. The second-order valence-corrected chi connectivity index (χ2v) is 5.09. The fourth-order valence-corrected chi connectivity index (χ4v) is 2.43. The van der Waals surface area contributed by atoms with E-state index < -0.39 is 0 Å². The maximum absolute atomic E-state index is 5.57. The SMILES string of the molecule is Cc1ccc(CNC(C2CC2)C2CC2)o1. The predicted octanol–water partition coefficient (Wildman–Crippen LogP) is 2.87. The van der Waals surface area contributed by atoms with Crippen LogP contribution < -0.4 is 5.32 Å². The van der Waals surface area contributed by atoms with E-state index in [0.717, 1.165) is 35.9 Å². The van der Waals surface area contributed by atoms with Crippen molar-refractivity contribution in [3.8, 4) is 0 Å². The van der Waals surface area contributed by atoms with Gasteiger partial charge in [-0.3, -0.25) is 0 Å². The largest absolute Gasteiger partial charge is 0.465 e. The van der Waals surface area contributed by atoms with Gasteiger partial charge in [-0.15, -0.1) is 0 Å². The van der Waals surface area contributed by atoms with Crippen molar-refractivity contribution in [3.05, 3.63) is 23.7 Å². The predicted molar refractivity (Wildman–Crippen MR) is 59.5 cm³/mol. The number of rotatable bonds is 5. The third-order valence-corrected chi connectivity index (χ3v) is 3.57. The number of aryl methyl sites for hydroxylation is 1. The van der Waals surface area contributed by atoms with Crippen LogP contribution in [0.3, 0.4) is 0 Å². The molecule has 3 rings (SSSR count). The van der Waals surface area contributed by atoms with E-state index in [1.54, 1.807) is 0 Å². The summed E-state index contributed by atoms with van der Waals surface area (Å²) >= 11 is 0. The van der Waals surface area contributed by atoms with Crippen LogP contribution in [-0.2, 0) is 6.54 Å². The molecule has 1 heterocycles. The van der Waals surface area contributed by atoms with Crippen molar-refractivity contribution in [2.75, 3.05) is 0 Å². The second kappa shape index (κ2) is 3.67. The summed E-state index contributed by atoms with van der Waals surface area (Å²) in [6.45, 7) is 2.91. The Hall–Kier alpha value is -0.760. The zero-order chi connectivity index (χ0) is 10.3. The van der Waals surface area contributed by atoms with Crippen LogP contribution in [0, 0.1) is 18.8 Å². The van der Waals surface area contributed by atoms with E-state index in [-0.39, 0.29) is 0 Å². The fourth-order valence-electron chi connectivity index (χ4n) is 2.43. The number of hydrogen-bond acceptors (Lipinski definition) is 2. The van der Waals surface area contributed by atoms with Crippen LogP contribution in [0.25, 0.3) is 0 Å². The standard InChI is InChI=1S/C13H19NO/c1-9-2-7-12(15-9)8-14-13(10-3-4-10)11-5-6-11/h2,7,10-11,13-14H,3-6,8H2,1H3. The maximum atomic E-state index is 5.57. The Morgan fingerprint density at radius 2 is 1.93 bits per heavy atom. The van der Waals surface area contributed by atoms with E-state index in [9.17, 15) is 0 Å². The third-order valence-electron chi connectivity index (χ3n) is 3.57. The summed E-state index contributed by atoms with van der Waals surface area (Å²) in [5.41, 5.74) is 0. The van der Waals surface area contributed by atoms with Gasteiger partial charge in [-0.25, -0.2) is 0 Å². The summed E-state index contributed by atoms with van der Waals surface area (Å²) in [5.74, 6) is 4.03. The summed E-state index contributed by atoms with van der Waals surface area (Å²) in [6, 6.07) is 4.90. The molecule has 1 aromatic rings. The van der Waals surface area contributed by atoms with Gasteiger partial charge in [-0.1, -0.05) is 0 Å². The van der Waals surface area contributed by atoms with Gasteiger partial charge >= 0.3 is 0 Å². The molecule has 0 atom stereocenters. The van der Waals surface area contributed by atoms with Crippen molar-refractivity contribution in [2.24, 2.45) is 11.8 Å². The molecule has 0 aromatic carbocycles. The molecule has 1 aromatic heterocycles. The molecule has 2 saturated carbocycles. The van der Waals surface area contributed by atoms with E-state index in [4.69, 9.17) is 4.42 Å². The maximum Gasteiger partial charge on any atom is 0.117 e. The minimum Gasteiger partial charge on any atom is -0.465 e. The Morgan fingerprint density at radius 1 is 1.27 bits per heavy atom. The summed E-state index contributed by atoms with van der Waals surface area (Å²) < 4.78 is 5.57. The lowest BCUT2D eigenvalue weighted by molar-refractivity contribution is 0.382. The zero-order valence-electron chi connectivity index (χ0n) is 9.33. The van der Waals surface area contributed by atoms with Crippen molar-refractivity contribution < 1.29 is 4.42 Å². The topological polar surface area (TPSA) is 25.2 Å². The summed E-state index contributed by atoms with van der Waals surface area (Å²) in [5, 5.41) is 3.68. The molecule has 0 unspecified atom stereocenters. The monoisotopic (exact) mass is 205 g/mol. The van der Waals surface area contributed by atoms with Gasteiger partial charge in [0.15, 0.2) is 0 Å². The number of furan rings is 1. The molecule has 1 N–H and O–H groups in total. The van der Waals surface area contributed by atoms with Crippen molar-refractivity contribution in [1.29, 1.82) is 0 Å². The molecule has 0 aliphatic heterocycles. The van der Waals surface area contributed by atoms with E-state index in [1.165, 1.54) is 25.7 Å². The molecule has 2 nitrogen and oxygen atoms in total. The highest BCUT2D eigenvalue weighted by Gasteiger charge is 2.40. The van der Waals surface area contributed by atoms with Gasteiger partial charge in [-0.2, -0.15) is 0 Å². The molecule has 2 aliphatic rings. The summed E-state index contributed by atoms with van der Waals surface area (Å²) in [4.78, 5) is 0. The number of nitrogens with one attached hydrogen (secondary N) is 1. The smallest absolute Gasteiger partial charge is 0.117 e. The van der Waals surface area contributed by atoms with Gasteiger partial charge in [0.05, 0.1) is 6.54 Å². The first kappa shape index (κ1) is 9.46. The van der Waals surface area contributed by atoms with E-state index in [1.807, 2.05) is 13.0 Å². The number of hydrogen-bond donors (Lipinski definition) is 1. The van der Waals surface area contributed by atoms with Crippen LogP contribution in [-0.4, -0.2) is 6.04 Å². The molecule has 2 fully saturated rings. The van der Waals surface area contributed by atoms with Gasteiger partial charge in [0, 0.05) is 6.04 Å². The Kier molecular flexibility index (Phi) is 2.32. The van der Waals surface area contributed by atoms with Crippen LogP contribution in [0.15, 0.2) is 16.5 Å². The zero-order valence-corrected chi connectivity index (χ0v) is 9.33. The highest BCUT2D eigenvalue weighted by Crippen LogP contribution is 2.44. The van der Waals surface area contributed by atoms with Gasteiger partial charge in [0.1, 0.15) is 11.5 Å². The highest BCUT2D eigenvalue weighted by molar-refractivity contribution is 5.06. The van der Waals surface area contributed by atoms with Gasteiger partial charge in [-0.05, 0) is 56.6 Å². The minimum absolute atomic E-state index is 0.774. The van der Waals surface area contributed by atoms with E-state index in [2.05, 4.69) is 11.4 Å². The van der Waals surface area contributed by atoms with Crippen molar-refractivity contribution >= 4 is 0 Å². The summed E-state index contributed by atoms with van der Waals surface area (Å²) in [7, 11) is 0. The lowest BCUT2D eigenvalue weighted by Gasteiger charge is -2.16. The normalized spacial score (nSPS) is 21.2. The Labute approximate surface area is 91.0 Å². The van der Waals surface area contributed by atoms with Crippen LogP contribution >= 0.6 is 0 Å². The van der Waals surface area contributed by atoms with Crippen LogP contribution in [0.1, 0.15) is 37.2 Å². The molecular formula is C13H19NO. The first-order valence-electron chi connectivity index (χ1n) is 6.11. The average Bonchev–Trinajstić information content (AvgIpc) is 3.09. The van der Waals surface area contributed by atoms with Gasteiger partial charge < -0.3 is 9.73 Å². The van der Waals surface area contributed by atoms with Gasteiger partial charge in [0.2, 0.25) is 0 Å². The van der Waals surface area contributed by atoms with Crippen LogP contribution in [0.5, 0.6) is 0 Å². The summed E-state index contributed by atoms with van der Waals surface area (Å²) in [6.07, 6.45) is 5.74. The molecule has 2 heteroatoms. The molecule has 82 valence electrons. The molecule has 15 heavy (non-hydrogen) atoms.